The summed E-state index contributed by atoms with van der Waals surface area (Å²) in [7, 11) is 0. The number of rotatable bonds is 4. The molecule has 1 saturated heterocycles. The van der Waals surface area contributed by atoms with E-state index in [1.807, 2.05) is 23.9 Å². The number of hydrogen-bond acceptors (Lipinski definition) is 2. The fourth-order valence-electron chi connectivity index (χ4n) is 2.11. The highest BCUT2D eigenvalue weighted by atomic mass is 32.2. The normalized spacial score (nSPS) is 18.5. The molecule has 0 N–H and O–H groups in total. The molecule has 3 heteroatoms. The van der Waals surface area contributed by atoms with Gasteiger partial charge in [0.05, 0.1) is 0 Å². The van der Waals surface area contributed by atoms with Crippen LogP contribution in [0.2, 0.25) is 0 Å². The van der Waals surface area contributed by atoms with Crippen LogP contribution in [-0.2, 0) is 0 Å². The molecule has 1 aliphatic heterocycles. The predicted molar refractivity (Wildman–Crippen MR) is 72.0 cm³/mol. The summed E-state index contributed by atoms with van der Waals surface area (Å²) in [5.41, 5.74) is 0. The first-order chi connectivity index (χ1) is 8.24. The first kappa shape index (κ1) is 12.9. The summed E-state index contributed by atoms with van der Waals surface area (Å²) in [4.78, 5) is 3.70. The highest BCUT2D eigenvalue weighted by Gasteiger charge is 2.14. The highest BCUT2D eigenvalue weighted by Crippen LogP contribution is 2.20. The van der Waals surface area contributed by atoms with E-state index < -0.39 is 0 Å². The van der Waals surface area contributed by atoms with Crippen LogP contribution in [0.3, 0.4) is 0 Å². The zero-order chi connectivity index (χ0) is 12.1. The number of hydrogen-bond donors (Lipinski definition) is 0. The highest BCUT2D eigenvalue weighted by molar-refractivity contribution is 7.99. The van der Waals surface area contributed by atoms with Crippen molar-refractivity contribution in [3.05, 3.63) is 30.1 Å². The molecule has 0 amide bonds. The Hall–Kier alpha value is -0.540. The lowest BCUT2D eigenvalue weighted by molar-refractivity contribution is 0.203. The summed E-state index contributed by atoms with van der Waals surface area (Å²) in [6, 6.07) is 6.78. The standard InChI is InChI=1S/C14H20FNS/c1-12-6-8-16(9-7-12)10-11-17-14-4-2-13(15)3-5-14/h2-5,12H,6-11H2,1H3. The zero-order valence-corrected chi connectivity index (χ0v) is 11.2. The van der Waals surface area contributed by atoms with E-state index in [0.717, 1.165) is 23.1 Å². The molecule has 17 heavy (non-hydrogen) atoms. The van der Waals surface area contributed by atoms with Gasteiger partial charge in [0, 0.05) is 17.2 Å². The molecule has 1 fully saturated rings. The van der Waals surface area contributed by atoms with Crippen molar-refractivity contribution in [3.63, 3.8) is 0 Å². The van der Waals surface area contributed by atoms with Crippen LogP contribution in [-0.4, -0.2) is 30.3 Å². The van der Waals surface area contributed by atoms with Crippen LogP contribution >= 0.6 is 11.8 Å². The molecule has 2 rings (SSSR count). The molecule has 1 nitrogen and oxygen atoms in total. The summed E-state index contributed by atoms with van der Waals surface area (Å²) in [5.74, 6) is 1.84. The summed E-state index contributed by atoms with van der Waals surface area (Å²) in [5, 5.41) is 0. The Kier molecular flexibility index (Phi) is 4.86. The van der Waals surface area contributed by atoms with E-state index in [9.17, 15) is 4.39 Å². The molecule has 0 radical (unpaired) electrons. The van der Waals surface area contributed by atoms with Gasteiger partial charge in [-0.3, -0.25) is 0 Å². The Bertz CT molecular complexity index is 331. The van der Waals surface area contributed by atoms with E-state index in [0.29, 0.717) is 0 Å². The maximum atomic E-state index is 12.7. The molecule has 0 bridgehead atoms. The maximum absolute atomic E-state index is 12.7. The van der Waals surface area contributed by atoms with Crippen molar-refractivity contribution in [1.29, 1.82) is 0 Å². The Morgan fingerprint density at radius 1 is 1.24 bits per heavy atom. The smallest absolute Gasteiger partial charge is 0.123 e. The van der Waals surface area contributed by atoms with Gasteiger partial charge in [-0.2, -0.15) is 0 Å². The van der Waals surface area contributed by atoms with Gasteiger partial charge in [0.25, 0.3) is 0 Å². The lowest BCUT2D eigenvalue weighted by Gasteiger charge is -2.29. The second-order valence-electron chi connectivity index (χ2n) is 4.83. The molecule has 0 saturated carbocycles. The molecule has 94 valence electrons. The topological polar surface area (TPSA) is 3.24 Å². The van der Waals surface area contributed by atoms with Gasteiger partial charge in [-0.15, -0.1) is 11.8 Å². The average molecular weight is 253 g/mol. The van der Waals surface area contributed by atoms with E-state index in [-0.39, 0.29) is 5.82 Å². The van der Waals surface area contributed by atoms with E-state index in [1.54, 1.807) is 0 Å². The second-order valence-corrected chi connectivity index (χ2v) is 5.99. The quantitative estimate of drug-likeness (QED) is 0.754. The molecule has 0 unspecified atom stereocenters. The van der Waals surface area contributed by atoms with Crippen LogP contribution in [0.15, 0.2) is 29.2 Å². The van der Waals surface area contributed by atoms with Gasteiger partial charge >= 0.3 is 0 Å². The van der Waals surface area contributed by atoms with Gasteiger partial charge in [-0.1, -0.05) is 6.92 Å². The molecule has 1 heterocycles. The number of halogens is 1. The van der Waals surface area contributed by atoms with Crippen molar-refractivity contribution < 1.29 is 4.39 Å². The van der Waals surface area contributed by atoms with Crippen molar-refractivity contribution in [2.45, 2.75) is 24.7 Å². The summed E-state index contributed by atoms with van der Waals surface area (Å²) < 4.78 is 12.7. The van der Waals surface area contributed by atoms with Crippen LogP contribution < -0.4 is 0 Å². The fourth-order valence-corrected chi connectivity index (χ4v) is 3.02. The molecule has 0 aliphatic carbocycles. The number of nitrogens with zero attached hydrogens (tertiary/aromatic N) is 1. The SMILES string of the molecule is CC1CCN(CCSc2ccc(F)cc2)CC1. The minimum Gasteiger partial charge on any atom is -0.302 e. The first-order valence-corrected chi connectivity index (χ1v) is 7.33. The zero-order valence-electron chi connectivity index (χ0n) is 10.4. The summed E-state index contributed by atoms with van der Waals surface area (Å²) >= 11 is 1.82. The third kappa shape index (κ3) is 4.32. The number of benzene rings is 1. The van der Waals surface area contributed by atoms with Crippen LogP contribution in [0, 0.1) is 11.7 Å². The molecule has 1 aliphatic rings. The molecule has 0 aromatic heterocycles. The molecular formula is C14H20FNS. The molecule has 1 aromatic carbocycles. The van der Waals surface area contributed by atoms with Gasteiger partial charge in [0.1, 0.15) is 5.82 Å². The third-order valence-electron chi connectivity index (χ3n) is 3.37. The maximum Gasteiger partial charge on any atom is 0.123 e. The van der Waals surface area contributed by atoms with Crippen molar-refractivity contribution in [3.8, 4) is 0 Å². The summed E-state index contributed by atoms with van der Waals surface area (Å²) in [6.45, 7) is 5.97. The van der Waals surface area contributed by atoms with Crippen molar-refractivity contribution in [2.24, 2.45) is 5.92 Å². The monoisotopic (exact) mass is 253 g/mol. The van der Waals surface area contributed by atoms with Crippen LogP contribution in [0.5, 0.6) is 0 Å². The van der Waals surface area contributed by atoms with Gasteiger partial charge in [-0.05, 0) is 56.1 Å². The van der Waals surface area contributed by atoms with Crippen molar-refractivity contribution in [1.82, 2.24) is 4.90 Å². The Morgan fingerprint density at radius 2 is 1.88 bits per heavy atom. The third-order valence-corrected chi connectivity index (χ3v) is 4.36. The van der Waals surface area contributed by atoms with Crippen LogP contribution in [0.25, 0.3) is 0 Å². The predicted octanol–water partition coefficient (Wildman–Crippen LogP) is 3.65. The Morgan fingerprint density at radius 3 is 2.53 bits per heavy atom. The number of thioether (sulfide) groups is 1. The molecular weight excluding hydrogens is 233 g/mol. The van der Waals surface area contributed by atoms with Crippen LogP contribution in [0.1, 0.15) is 19.8 Å². The van der Waals surface area contributed by atoms with E-state index in [2.05, 4.69) is 11.8 Å². The van der Waals surface area contributed by atoms with Gasteiger partial charge in [0.15, 0.2) is 0 Å². The van der Waals surface area contributed by atoms with E-state index in [4.69, 9.17) is 0 Å². The first-order valence-electron chi connectivity index (χ1n) is 6.35. The molecule has 1 aromatic rings. The van der Waals surface area contributed by atoms with Crippen molar-refractivity contribution >= 4 is 11.8 Å². The average Bonchev–Trinajstić information content (AvgIpc) is 2.34. The fraction of sp³-hybridized carbons (Fsp3) is 0.571. The van der Waals surface area contributed by atoms with E-state index >= 15 is 0 Å². The minimum absolute atomic E-state index is 0.153. The largest absolute Gasteiger partial charge is 0.302 e. The van der Waals surface area contributed by atoms with Gasteiger partial charge in [-0.25, -0.2) is 4.39 Å². The minimum atomic E-state index is -0.153. The molecule has 0 atom stereocenters. The Balaban J connectivity index is 1.67. The lowest BCUT2D eigenvalue weighted by atomic mass is 9.99. The van der Waals surface area contributed by atoms with Gasteiger partial charge < -0.3 is 4.90 Å². The van der Waals surface area contributed by atoms with E-state index in [1.165, 1.54) is 38.1 Å². The number of likely N-dealkylation sites (tertiary alicyclic amines) is 1. The van der Waals surface area contributed by atoms with Gasteiger partial charge in [0.2, 0.25) is 0 Å². The molecule has 0 spiro atoms. The second kappa shape index (κ2) is 6.41. The van der Waals surface area contributed by atoms with Crippen LogP contribution in [0.4, 0.5) is 4.39 Å². The number of piperidine rings is 1. The lowest BCUT2D eigenvalue weighted by Crippen LogP contribution is -2.34. The Labute approximate surface area is 107 Å². The summed E-state index contributed by atoms with van der Waals surface area (Å²) in [6.07, 6.45) is 2.67. The van der Waals surface area contributed by atoms with Crippen molar-refractivity contribution in [2.75, 3.05) is 25.4 Å².